The van der Waals surface area contributed by atoms with E-state index in [1.165, 1.54) is 7.11 Å². The maximum Gasteiger partial charge on any atom is 0.328 e. The normalized spacial score (nSPS) is 11.7. The van der Waals surface area contributed by atoms with Crippen molar-refractivity contribution in [2.45, 2.75) is 25.8 Å². The van der Waals surface area contributed by atoms with Crippen molar-refractivity contribution in [1.82, 2.24) is 0 Å². The standard InChI is InChI=1S/C13H19NO3/c1-4-5-12(13(15)17-3)14-10-6-8-11(16-2)9-7-10/h6-9,12,14H,4-5H2,1-3H3. The van der Waals surface area contributed by atoms with Crippen LogP contribution in [0.4, 0.5) is 5.69 Å². The Morgan fingerprint density at radius 2 is 1.94 bits per heavy atom. The van der Waals surface area contributed by atoms with E-state index >= 15 is 0 Å². The Bertz CT molecular complexity index is 348. The summed E-state index contributed by atoms with van der Waals surface area (Å²) in [5, 5.41) is 3.15. The van der Waals surface area contributed by atoms with Crippen molar-refractivity contribution in [2.24, 2.45) is 0 Å². The summed E-state index contributed by atoms with van der Waals surface area (Å²) in [6.07, 6.45) is 1.67. The van der Waals surface area contributed by atoms with Gasteiger partial charge in [-0.25, -0.2) is 4.79 Å². The summed E-state index contributed by atoms with van der Waals surface area (Å²) in [5.41, 5.74) is 0.884. The molecule has 0 bridgehead atoms. The number of hydrogen-bond donors (Lipinski definition) is 1. The van der Waals surface area contributed by atoms with Gasteiger partial charge in [0.05, 0.1) is 14.2 Å². The van der Waals surface area contributed by atoms with Crippen LogP contribution in [-0.4, -0.2) is 26.2 Å². The van der Waals surface area contributed by atoms with E-state index in [1.807, 2.05) is 31.2 Å². The number of rotatable bonds is 6. The Morgan fingerprint density at radius 3 is 2.41 bits per heavy atom. The first-order chi connectivity index (χ1) is 8.21. The van der Waals surface area contributed by atoms with Crippen LogP contribution in [0, 0.1) is 0 Å². The average molecular weight is 237 g/mol. The van der Waals surface area contributed by atoms with Crippen LogP contribution in [0.25, 0.3) is 0 Å². The molecular weight excluding hydrogens is 218 g/mol. The molecule has 94 valence electrons. The highest BCUT2D eigenvalue weighted by atomic mass is 16.5. The highest BCUT2D eigenvalue weighted by molar-refractivity contribution is 5.79. The van der Waals surface area contributed by atoms with Crippen molar-refractivity contribution in [2.75, 3.05) is 19.5 Å². The first-order valence-corrected chi connectivity index (χ1v) is 5.69. The molecule has 1 aromatic rings. The van der Waals surface area contributed by atoms with E-state index in [-0.39, 0.29) is 12.0 Å². The van der Waals surface area contributed by atoms with Crippen LogP contribution in [0.15, 0.2) is 24.3 Å². The molecule has 0 aliphatic rings. The van der Waals surface area contributed by atoms with E-state index in [0.29, 0.717) is 0 Å². The van der Waals surface area contributed by atoms with E-state index in [9.17, 15) is 4.79 Å². The van der Waals surface area contributed by atoms with Gasteiger partial charge in [-0.15, -0.1) is 0 Å². The maximum atomic E-state index is 11.5. The lowest BCUT2D eigenvalue weighted by Crippen LogP contribution is -2.30. The lowest BCUT2D eigenvalue weighted by Gasteiger charge is -2.17. The van der Waals surface area contributed by atoms with Crippen molar-refractivity contribution < 1.29 is 14.3 Å². The Kier molecular flexibility index (Phi) is 5.33. The number of benzene rings is 1. The monoisotopic (exact) mass is 237 g/mol. The summed E-state index contributed by atoms with van der Waals surface area (Å²) in [7, 11) is 3.03. The summed E-state index contributed by atoms with van der Waals surface area (Å²) in [6.45, 7) is 2.03. The van der Waals surface area contributed by atoms with Gasteiger partial charge in [-0.05, 0) is 30.7 Å². The molecule has 0 aliphatic heterocycles. The minimum absolute atomic E-state index is 0.234. The second-order valence-electron chi connectivity index (χ2n) is 3.74. The molecule has 0 radical (unpaired) electrons. The van der Waals surface area contributed by atoms with Crippen LogP contribution in [0.3, 0.4) is 0 Å². The zero-order chi connectivity index (χ0) is 12.7. The lowest BCUT2D eigenvalue weighted by molar-refractivity contribution is -0.141. The number of hydrogen-bond acceptors (Lipinski definition) is 4. The fraction of sp³-hybridized carbons (Fsp3) is 0.462. The van der Waals surface area contributed by atoms with Crippen molar-refractivity contribution >= 4 is 11.7 Å². The quantitative estimate of drug-likeness (QED) is 0.772. The van der Waals surface area contributed by atoms with Crippen LogP contribution < -0.4 is 10.1 Å². The molecule has 0 aliphatic carbocycles. The third-order valence-electron chi connectivity index (χ3n) is 2.49. The summed E-state index contributed by atoms with van der Waals surface area (Å²) in [4.78, 5) is 11.5. The molecule has 0 saturated carbocycles. The smallest absolute Gasteiger partial charge is 0.328 e. The van der Waals surface area contributed by atoms with Crippen molar-refractivity contribution in [3.63, 3.8) is 0 Å². The summed E-state index contributed by atoms with van der Waals surface area (Å²) >= 11 is 0. The fourth-order valence-corrected chi connectivity index (χ4v) is 1.57. The van der Waals surface area contributed by atoms with Crippen LogP contribution in [0.5, 0.6) is 5.75 Å². The van der Waals surface area contributed by atoms with E-state index in [4.69, 9.17) is 9.47 Å². The average Bonchev–Trinajstić information content (AvgIpc) is 2.38. The van der Waals surface area contributed by atoms with Gasteiger partial charge in [-0.2, -0.15) is 0 Å². The lowest BCUT2D eigenvalue weighted by atomic mass is 10.1. The highest BCUT2D eigenvalue weighted by Gasteiger charge is 2.17. The fourth-order valence-electron chi connectivity index (χ4n) is 1.57. The Morgan fingerprint density at radius 1 is 1.29 bits per heavy atom. The molecule has 4 nitrogen and oxygen atoms in total. The molecule has 1 N–H and O–H groups in total. The first-order valence-electron chi connectivity index (χ1n) is 5.69. The molecule has 1 aromatic carbocycles. The highest BCUT2D eigenvalue weighted by Crippen LogP contribution is 2.17. The second kappa shape index (κ2) is 6.78. The van der Waals surface area contributed by atoms with Crippen molar-refractivity contribution in [3.8, 4) is 5.75 Å². The van der Waals surface area contributed by atoms with Gasteiger partial charge in [0.25, 0.3) is 0 Å². The largest absolute Gasteiger partial charge is 0.497 e. The molecule has 1 unspecified atom stereocenters. The predicted octanol–water partition coefficient (Wildman–Crippen LogP) is 2.45. The molecule has 1 rings (SSSR count). The van der Waals surface area contributed by atoms with E-state index in [0.717, 1.165) is 24.3 Å². The second-order valence-corrected chi connectivity index (χ2v) is 3.74. The zero-order valence-corrected chi connectivity index (χ0v) is 10.5. The predicted molar refractivity (Wildman–Crippen MR) is 67.3 cm³/mol. The molecule has 0 aromatic heterocycles. The van der Waals surface area contributed by atoms with Crippen molar-refractivity contribution in [1.29, 1.82) is 0 Å². The molecule has 0 amide bonds. The van der Waals surface area contributed by atoms with Gasteiger partial charge in [0.15, 0.2) is 0 Å². The SMILES string of the molecule is CCCC(Nc1ccc(OC)cc1)C(=O)OC. The van der Waals surface area contributed by atoms with Crippen LogP contribution in [0.1, 0.15) is 19.8 Å². The molecule has 17 heavy (non-hydrogen) atoms. The molecule has 0 heterocycles. The van der Waals surface area contributed by atoms with E-state index in [2.05, 4.69) is 5.32 Å². The third-order valence-corrected chi connectivity index (χ3v) is 2.49. The number of nitrogens with one attached hydrogen (secondary N) is 1. The minimum Gasteiger partial charge on any atom is -0.497 e. The van der Waals surface area contributed by atoms with Crippen LogP contribution >= 0.6 is 0 Å². The number of carbonyl (C=O) groups is 1. The number of carbonyl (C=O) groups excluding carboxylic acids is 1. The van der Waals surface area contributed by atoms with Crippen molar-refractivity contribution in [3.05, 3.63) is 24.3 Å². The maximum absolute atomic E-state index is 11.5. The Labute approximate surface area is 102 Å². The summed E-state index contributed by atoms with van der Waals surface area (Å²) in [5.74, 6) is 0.559. The third kappa shape index (κ3) is 3.98. The van der Waals surface area contributed by atoms with Gasteiger partial charge in [-0.1, -0.05) is 13.3 Å². The Balaban J connectivity index is 2.68. The van der Waals surface area contributed by atoms with E-state index in [1.54, 1.807) is 7.11 Å². The van der Waals surface area contributed by atoms with Gasteiger partial charge in [0, 0.05) is 5.69 Å². The van der Waals surface area contributed by atoms with Gasteiger partial charge in [0.2, 0.25) is 0 Å². The van der Waals surface area contributed by atoms with Gasteiger partial charge in [0.1, 0.15) is 11.8 Å². The Hall–Kier alpha value is -1.71. The summed E-state index contributed by atoms with van der Waals surface area (Å²) < 4.78 is 9.83. The topological polar surface area (TPSA) is 47.6 Å². The number of methoxy groups -OCH3 is 2. The van der Waals surface area contributed by atoms with Crippen LogP contribution in [0.2, 0.25) is 0 Å². The zero-order valence-electron chi connectivity index (χ0n) is 10.5. The molecule has 0 spiro atoms. The molecule has 1 atom stereocenters. The number of anilines is 1. The summed E-state index contributed by atoms with van der Waals surface area (Å²) in [6, 6.07) is 7.17. The molecule has 4 heteroatoms. The van der Waals surface area contributed by atoms with Gasteiger partial charge >= 0.3 is 5.97 Å². The molecule has 0 fully saturated rings. The van der Waals surface area contributed by atoms with Gasteiger partial charge < -0.3 is 14.8 Å². The van der Waals surface area contributed by atoms with E-state index < -0.39 is 0 Å². The number of ether oxygens (including phenoxy) is 2. The molecule has 0 saturated heterocycles. The minimum atomic E-state index is -0.293. The number of esters is 1. The molecular formula is C13H19NO3. The first kappa shape index (κ1) is 13.4. The van der Waals surface area contributed by atoms with Crippen LogP contribution in [-0.2, 0) is 9.53 Å². The van der Waals surface area contributed by atoms with Gasteiger partial charge in [-0.3, -0.25) is 0 Å².